The van der Waals surface area contributed by atoms with Gasteiger partial charge in [-0.15, -0.1) is 0 Å². The fraction of sp³-hybridized carbons (Fsp3) is 0.471. The number of benzene rings is 1. The Balaban J connectivity index is 1.41. The largest absolute Gasteiger partial charge is 0.488 e. The van der Waals surface area contributed by atoms with E-state index in [9.17, 15) is 0 Å². The van der Waals surface area contributed by atoms with Crippen LogP contribution in [0.4, 0.5) is 0 Å². The zero-order chi connectivity index (χ0) is 14.2. The summed E-state index contributed by atoms with van der Waals surface area (Å²) in [5, 5.41) is 8.09. The second-order valence-corrected chi connectivity index (χ2v) is 6.14. The van der Waals surface area contributed by atoms with Crippen LogP contribution in [0.1, 0.15) is 29.7 Å². The van der Waals surface area contributed by atoms with Crippen molar-refractivity contribution in [1.82, 2.24) is 15.1 Å². The van der Waals surface area contributed by atoms with Crippen LogP contribution < -0.4 is 10.1 Å². The molecule has 2 aliphatic rings. The van der Waals surface area contributed by atoms with Crippen molar-refractivity contribution in [3.8, 4) is 5.75 Å². The minimum absolute atomic E-state index is 0.199. The molecule has 1 saturated carbocycles. The lowest BCUT2D eigenvalue weighted by Gasteiger charge is -2.12. The summed E-state index contributed by atoms with van der Waals surface area (Å²) in [4.78, 5) is 0. The molecule has 0 spiro atoms. The number of nitrogens with one attached hydrogen (secondary N) is 1. The van der Waals surface area contributed by atoms with E-state index in [0.717, 1.165) is 31.3 Å². The van der Waals surface area contributed by atoms with Gasteiger partial charge in [0.15, 0.2) is 0 Å². The second kappa shape index (κ2) is 5.19. The van der Waals surface area contributed by atoms with Crippen molar-refractivity contribution in [3.05, 3.63) is 47.3 Å². The van der Waals surface area contributed by atoms with Gasteiger partial charge < -0.3 is 10.1 Å². The highest BCUT2D eigenvalue weighted by Gasteiger charge is 2.24. The van der Waals surface area contributed by atoms with Gasteiger partial charge in [0.05, 0.1) is 12.7 Å². The Kier molecular flexibility index (Phi) is 3.19. The molecule has 21 heavy (non-hydrogen) atoms. The zero-order valence-corrected chi connectivity index (χ0v) is 12.4. The predicted octanol–water partition coefficient (Wildman–Crippen LogP) is 2.45. The molecule has 1 aliphatic heterocycles. The van der Waals surface area contributed by atoms with Crippen LogP contribution >= 0.6 is 0 Å². The van der Waals surface area contributed by atoms with Crippen molar-refractivity contribution < 1.29 is 4.74 Å². The van der Waals surface area contributed by atoms with Crippen LogP contribution in [-0.2, 0) is 19.5 Å². The van der Waals surface area contributed by atoms with Crippen LogP contribution in [0, 0.1) is 6.92 Å². The molecule has 0 amide bonds. The maximum atomic E-state index is 6.01. The van der Waals surface area contributed by atoms with E-state index >= 15 is 0 Å². The third-order valence-corrected chi connectivity index (χ3v) is 4.45. The summed E-state index contributed by atoms with van der Waals surface area (Å²) in [5.41, 5.74) is 3.86. The van der Waals surface area contributed by atoms with E-state index in [2.05, 4.69) is 40.2 Å². The summed E-state index contributed by atoms with van der Waals surface area (Å²) in [5.74, 6) is 1.03. The van der Waals surface area contributed by atoms with E-state index in [1.54, 1.807) is 0 Å². The van der Waals surface area contributed by atoms with E-state index in [1.165, 1.54) is 29.7 Å². The van der Waals surface area contributed by atoms with E-state index in [-0.39, 0.29) is 6.10 Å². The van der Waals surface area contributed by atoms with Gasteiger partial charge in [-0.2, -0.15) is 5.10 Å². The molecular weight excluding hydrogens is 262 g/mol. The Morgan fingerprint density at radius 1 is 1.33 bits per heavy atom. The van der Waals surface area contributed by atoms with Gasteiger partial charge >= 0.3 is 0 Å². The van der Waals surface area contributed by atoms with Gasteiger partial charge in [0.25, 0.3) is 0 Å². The first-order valence-corrected chi connectivity index (χ1v) is 7.79. The molecular formula is C17H21N3O. The monoisotopic (exact) mass is 283 g/mol. The fourth-order valence-corrected chi connectivity index (χ4v) is 2.93. The van der Waals surface area contributed by atoms with Crippen molar-refractivity contribution in [1.29, 1.82) is 0 Å². The predicted molar refractivity (Wildman–Crippen MR) is 81.4 cm³/mol. The summed E-state index contributed by atoms with van der Waals surface area (Å²) in [7, 11) is 0. The number of fused-ring (bicyclic) bond motifs is 1. The van der Waals surface area contributed by atoms with Gasteiger partial charge in [-0.25, -0.2) is 0 Å². The van der Waals surface area contributed by atoms with Crippen LogP contribution in [0.15, 0.2) is 30.5 Å². The maximum absolute atomic E-state index is 6.01. The maximum Gasteiger partial charge on any atom is 0.123 e. The van der Waals surface area contributed by atoms with Crippen molar-refractivity contribution >= 4 is 0 Å². The van der Waals surface area contributed by atoms with Crippen LogP contribution in [0.3, 0.4) is 0 Å². The molecule has 2 heterocycles. The molecule has 1 aliphatic carbocycles. The first-order chi connectivity index (χ1) is 10.3. The molecule has 4 heteroatoms. The molecule has 4 nitrogen and oxygen atoms in total. The van der Waals surface area contributed by atoms with Crippen LogP contribution in [-0.4, -0.2) is 21.9 Å². The number of hydrogen-bond acceptors (Lipinski definition) is 3. The Labute approximate surface area is 125 Å². The van der Waals surface area contributed by atoms with Gasteiger partial charge in [0.2, 0.25) is 0 Å². The van der Waals surface area contributed by atoms with E-state index in [0.29, 0.717) is 0 Å². The third kappa shape index (κ3) is 2.68. The average Bonchev–Trinajstić information content (AvgIpc) is 3.14. The summed E-state index contributed by atoms with van der Waals surface area (Å²) >= 11 is 0. The van der Waals surface area contributed by atoms with Crippen LogP contribution in [0.5, 0.6) is 5.75 Å². The lowest BCUT2D eigenvalue weighted by atomic mass is 10.1. The topological polar surface area (TPSA) is 39.1 Å². The molecule has 0 radical (unpaired) electrons. The molecule has 0 bridgehead atoms. The second-order valence-electron chi connectivity index (χ2n) is 6.14. The summed E-state index contributed by atoms with van der Waals surface area (Å²) < 4.78 is 8.09. The zero-order valence-electron chi connectivity index (χ0n) is 12.4. The van der Waals surface area contributed by atoms with Crippen molar-refractivity contribution in [2.75, 3.05) is 0 Å². The molecule has 1 fully saturated rings. The lowest BCUT2D eigenvalue weighted by Crippen LogP contribution is -2.22. The lowest BCUT2D eigenvalue weighted by molar-refractivity contribution is 0.202. The number of rotatable bonds is 5. The average molecular weight is 283 g/mol. The Morgan fingerprint density at radius 3 is 3.00 bits per heavy atom. The molecule has 1 atom stereocenters. The quantitative estimate of drug-likeness (QED) is 0.916. The van der Waals surface area contributed by atoms with Gasteiger partial charge in [0, 0.05) is 30.3 Å². The minimum atomic E-state index is 0.199. The number of ether oxygens (including phenoxy) is 1. The standard InChI is InChI=1S/C17H21N3O/c1-12-14(9-18-15-6-7-15)10-19-20(12)11-16-8-13-4-2-3-5-17(13)21-16/h2-5,10,15-16,18H,6-9,11H2,1H3. The Morgan fingerprint density at radius 2 is 2.19 bits per heavy atom. The highest BCUT2D eigenvalue weighted by molar-refractivity contribution is 5.37. The Bertz CT molecular complexity index is 620. The molecule has 1 aromatic carbocycles. The van der Waals surface area contributed by atoms with Crippen molar-refractivity contribution in [2.45, 2.75) is 51.4 Å². The van der Waals surface area contributed by atoms with E-state index < -0.39 is 0 Å². The highest BCUT2D eigenvalue weighted by atomic mass is 16.5. The van der Waals surface area contributed by atoms with Crippen LogP contribution in [0.25, 0.3) is 0 Å². The number of para-hydroxylation sites is 1. The van der Waals surface area contributed by atoms with E-state index in [4.69, 9.17) is 4.74 Å². The number of aromatic nitrogens is 2. The fourth-order valence-electron chi connectivity index (χ4n) is 2.93. The molecule has 1 aromatic heterocycles. The SMILES string of the molecule is Cc1c(CNC2CC2)cnn1CC1Cc2ccccc2O1. The summed E-state index contributed by atoms with van der Waals surface area (Å²) in [6.07, 6.45) is 5.81. The summed E-state index contributed by atoms with van der Waals surface area (Å²) in [6, 6.07) is 9.04. The van der Waals surface area contributed by atoms with E-state index in [1.807, 2.05) is 12.3 Å². The minimum Gasteiger partial charge on any atom is -0.488 e. The molecule has 1 unspecified atom stereocenters. The van der Waals surface area contributed by atoms with Crippen molar-refractivity contribution in [3.63, 3.8) is 0 Å². The first kappa shape index (κ1) is 12.9. The third-order valence-electron chi connectivity index (χ3n) is 4.45. The molecule has 110 valence electrons. The number of nitrogens with zero attached hydrogens (tertiary/aromatic N) is 2. The summed E-state index contributed by atoms with van der Waals surface area (Å²) in [6.45, 7) is 3.91. The molecule has 0 saturated heterocycles. The smallest absolute Gasteiger partial charge is 0.123 e. The molecule has 2 aromatic rings. The van der Waals surface area contributed by atoms with Gasteiger partial charge in [-0.05, 0) is 31.4 Å². The molecule has 1 N–H and O–H groups in total. The molecule has 4 rings (SSSR count). The normalized spacial score (nSPS) is 20.3. The van der Waals surface area contributed by atoms with Gasteiger partial charge in [-0.3, -0.25) is 4.68 Å². The van der Waals surface area contributed by atoms with Crippen molar-refractivity contribution in [2.24, 2.45) is 0 Å². The number of hydrogen-bond donors (Lipinski definition) is 1. The van der Waals surface area contributed by atoms with Gasteiger partial charge in [0.1, 0.15) is 11.9 Å². The highest BCUT2D eigenvalue weighted by Crippen LogP contribution is 2.29. The Hall–Kier alpha value is -1.81. The van der Waals surface area contributed by atoms with Gasteiger partial charge in [-0.1, -0.05) is 18.2 Å². The van der Waals surface area contributed by atoms with Crippen LogP contribution in [0.2, 0.25) is 0 Å². The first-order valence-electron chi connectivity index (χ1n) is 7.79.